The monoisotopic (exact) mass is 419 g/mol. The Morgan fingerprint density at radius 2 is 1.65 bits per heavy atom. The van der Waals surface area contributed by atoms with E-state index in [1.54, 1.807) is 43.3 Å². The fourth-order valence-electron chi connectivity index (χ4n) is 2.70. The Labute approximate surface area is 179 Å². The van der Waals surface area contributed by atoms with Crippen molar-refractivity contribution in [2.75, 3.05) is 0 Å². The lowest BCUT2D eigenvalue weighted by Gasteiger charge is -2.13. The van der Waals surface area contributed by atoms with Gasteiger partial charge in [0.25, 0.3) is 0 Å². The van der Waals surface area contributed by atoms with Crippen LogP contribution in [0.2, 0.25) is 0 Å². The lowest BCUT2D eigenvalue weighted by atomic mass is 10.1. The molecule has 3 aromatic carbocycles. The second-order valence-electron chi connectivity index (χ2n) is 6.79. The molecule has 0 bridgehead atoms. The quantitative estimate of drug-likeness (QED) is 0.348. The molecule has 2 N–H and O–H groups in total. The molecule has 0 spiro atoms. The number of hydrazone groups is 1. The molecule has 31 heavy (non-hydrogen) atoms. The largest absolute Gasteiger partial charge is 0.489 e. The molecule has 0 aliphatic heterocycles. The molecule has 158 valence electrons. The molecule has 0 saturated carbocycles. The Kier molecular flexibility index (Phi) is 7.48. The van der Waals surface area contributed by atoms with Crippen molar-refractivity contribution < 1.29 is 18.7 Å². The molecule has 0 aliphatic carbocycles. The second kappa shape index (κ2) is 10.7. The molecule has 3 aromatic rings. The van der Waals surface area contributed by atoms with E-state index in [0.717, 1.165) is 11.1 Å². The van der Waals surface area contributed by atoms with Crippen molar-refractivity contribution in [3.63, 3.8) is 0 Å². The van der Waals surface area contributed by atoms with Gasteiger partial charge in [0.2, 0.25) is 0 Å². The maximum atomic E-state index is 12.9. The zero-order valence-corrected chi connectivity index (χ0v) is 16.9. The Hall–Kier alpha value is -4.00. The lowest BCUT2D eigenvalue weighted by Crippen LogP contribution is -2.39. The van der Waals surface area contributed by atoms with Crippen LogP contribution in [0.3, 0.4) is 0 Å². The Morgan fingerprint density at radius 3 is 2.32 bits per heavy atom. The maximum Gasteiger partial charge on any atom is 0.329 e. The summed E-state index contributed by atoms with van der Waals surface area (Å²) in [5.41, 5.74) is 4.68. The van der Waals surface area contributed by atoms with E-state index < -0.39 is 11.8 Å². The van der Waals surface area contributed by atoms with Crippen LogP contribution in [-0.4, -0.2) is 18.0 Å². The summed E-state index contributed by atoms with van der Waals surface area (Å²) < 4.78 is 18.6. The molecule has 0 fully saturated rings. The SMILES string of the molecule is C[C@@H](NC(=O)C(=O)N/N=C\c1ccc(OCc2ccc(F)cc2)cc1)c1ccccc1. The summed E-state index contributed by atoms with van der Waals surface area (Å²) in [7, 11) is 0. The first-order valence-corrected chi connectivity index (χ1v) is 9.67. The van der Waals surface area contributed by atoms with E-state index in [9.17, 15) is 14.0 Å². The van der Waals surface area contributed by atoms with Crippen molar-refractivity contribution in [2.45, 2.75) is 19.6 Å². The third-order valence-electron chi connectivity index (χ3n) is 4.43. The average Bonchev–Trinajstić information content (AvgIpc) is 2.80. The number of nitrogens with zero attached hydrogens (tertiary/aromatic N) is 1. The highest BCUT2D eigenvalue weighted by Crippen LogP contribution is 2.14. The third-order valence-corrected chi connectivity index (χ3v) is 4.43. The van der Waals surface area contributed by atoms with Crippen molar-refractivity contribution in [3.05, 3.63) is 101 Å². The van der Waals surface area contributed by atoms with Crippen LogP contribution in [0.4, 0.5) is 4.39 Å². The fourth-order valence-corrected chi connectivity index (χ4v) is 2.70. The first kappa shape index (κ1) is 21.7. The number of carbonyl (C=O) groups is 2. The summed E-state index contributed by atoms with van der Waals surface area (Å²) in [5.74, 6) is -1.27. The molecule has 0 radical (unpaired) electrons. The van der Waals surface area contributed by atoms with Crippen LogP contribution in [0.15, 0.2) is 84.0 Å². The van der Waals surface area contributed by atoms with E-state index >= 15 is 0 Å². The second-order valence-corrected chi connectivity index (χ2v) is 6.79. The molecule has 0 unspecified atom stereocenters. The molecule has 0 aliphatic rings. The number of carbonyl (C=O) groups excluding carboxylic acids is 2. The van der Waals surface area contributed by atoms with E-state index in [1.165, 1.54) is 18.3 Å². The molecule has 1 atom stereocenters. The van der Waals surface area contributed by atoms with E-state index in [2.05, 4.69) is 15.8 Å². The highest BCUT2D eigenvalue weighted by Gasteiger charge is 2.16. The molecule has 0 aromatic heterocycles. The number of nitrogens with one attached hydrogen (secondary N) is 2. The minimum absolute atomic E-state index is 0.289. The summed E-state index contributed by atoms with van der Waals surface area (Å²) in [6.07, 6.45) is 1.43. The lowest BCUT2D eigenvalue weighted by molar-refractivity contribution is -0.139. The highest BCUT2D eigenvalue weighted by molar-refractivity contribution is 6.35. The van der Waals surface area contributed by atoms with Crippen LogP contribution >= 0.6 is 0 Å². The van der Waals surface area contributed by atoms with Gasteiger partial charge in [0, 0.05) is 0 Å². The molecule has 3 rings (SSSR count). The number of ether oxygens (including phenoxy) is 1. The van der Waals surface area contributed by atoms with Crippen molar-refractivity contribution >= 4 is 18.0 Å². The highest BCUT2D eigenvalue weighted by atomic mass is 19.1. The summed E-state index contributed by atoms with van der Waals surface area (Å²) in [6.45, 7) is 2.11. The average molecular weight is 419 g/mol. The molecule has 6 nitrogen and oxygen atoms in total. The summed E-state index contributed by atoms with van der Waals surface area (Å²) in [4.78, 5) is 23.9. The van der Waals surface area contributed by atoms with Crippen molar-refractivity contribution in [1.29, 1.82) is 0 Å². The van der Waals surface area contributed by atoms with Crippen LogP contribution in [0.5, 0.6) is 5.75 Å². The van der Waals surface area contributed by atoms with Gasteiger partial charge in [-0.25, -0.2) is 9.82 Å². The predicted molar refractivity (Wildman–Crippen MR) is 116 cm³/mol. The minimum atomic E-state index is -0.849. The number of amides is 2. The number of halogens is 1. The van der Waals surface area contributed by atoms with Crippen LogP contribution in [-0.2, 0) is 16.2 Å². The van der Waals surface area contributed by atoms with Crippen LogP contribution < -0.4 is 15.5 Å². The first-order valence-electron chi connectivity index (χ1n) is 9.67. The minimum Gasteiger partial charge on any atom is -0.489 e. The van der Waals surface area contributed by atoms with Crippen LogP contribution in [0, 0.1) is 5.82 Å². The normalized spacial score (nSPS) is 11.7. The Morgan fingerprint density at radius 1 is 0.968 bits per heavy atom. The van der Waals surface area contributed by atoms with Gasteiger partial charge in [-0.15, -0.1) is 0 Å². The van der Waals surface area contributed by atoms with Crippen LogP contribution in [0.25, 0.3) is 0 Å². The zero-order chi connectivity index (χ0) is 22.1. The van der Waals surface area contributed by atoms with E-state index in [0.29, 0.717) is 17.9 Å². The van der Waals surface area contributed by atoms with Crippen LogP contribution in [0.1, 0.15) is 29.7 Å². The number of rotatable bonds is 7. The fraction of sp³-hybridized carbons (Fsp3) is 0.125. The Bertz CT molecular complexity index is 1040. The number of hydrogen-bond acceptors (Lipinski definition) is 4. The van der Waals surface area contributed by atoms with Gasteiger partial charge in [0.05, 0.1) is 12.3 Å². The third kappa shape index (κ3) is 6.78. The van der Waals surface area contributed by atoms with E-state index in [-0.39, 0.29) is 11.9 Å². The molecular weight excluding hydrogens is 397 g/mol. The summed E-state index contributed by atoms with van der Waals surface area (Å²) in [5, 5.41) is 6.43. The molecule has 0 saturated heterocycles. The summed E-state index contributed by atoms with van der Waals surface area (Å²) in [6, 6.07) is 22.2. The number of hydrogen-bond donors (Lipinski definition) is 2. The predicted octanol–water partition coefficient (Wildman–Crippen LogP) is 3.73. The number of benzene rings is 3. The van der Waals surface area contributed by atoms with Gasteiger partial charge in [-0.3, -0.25) is 9.59 Å². The van der Waals surface area contributed by atoms with Crippen molar-refractivity contribution in [2.24, 2.45) is 5.10 Å². The molecule has 7 heteroatoms. The van der Waals surface area contributed by atoms with Gasteiger partial charge in [0.1, 0.15) is 18.2 Å². The maximum absolute atomic E-state index is 12.9. The van der Waals surface area contributed by atoms with Gasteiger partial charge >= 0.3 is 11.8 Å². The van der Waals surface area contributed by atoms with E-state index in [4.69, 9.17) is 4.74 Å². The van der Waals surface area contributed by atoms with Gasteiger partial charge in [-0.1, -0.05) is 42.5 Å². The summed E-state index contributed by atoms with van der Waals surface area (Å²) >= 11 is 0. The topological polar surface area (TPSA) is 79.8 Å². The molecule has 2 amide bonds. The molecule has 0 heterocycles. The van der Waals surface area contributed by atoms with Gasteiger partial charge in [-0.05, 0) is 60.0 Å². The first-order chi connectivity index (χ1) is 15.0. The molecular formula is C24H22FN3O3. The van der Waals surface area contributed by atoms with Gasteiger partial charge < -0.3 is 10.1 Å². The smallest absolute Gasteiger partial charge is 0.329 e. The van der Waals surface area contributed by atoms with Crippen molar-refractivity contribution in [3.8, 4) is 5.75 Å². The van der Waals surface area contributed by atoms with Gasteiger partial charge in [-0.2, -0.15) is 5.10 Å². The zero-order valence-electron chi connectivity index (χ0n) is 16.9. The van der Waals surface area contributed by atoms with Crippen molar-refractivity contribution in [1.82, 2.24) is 10.7 Å². The van der Waals surface area contributed by atoms with Gasteiger partial charge in [0.15, 0.2) is 0 Å². The van der Waals surface area contributed by atoms with E-state index in [1.807, 2.05) is 30.3 Å². The Balaban J connectivity index is 1.45. The standard InChI is InChI=1S/C24H22FN3O3/c1-17(20-5-3-2-4-6-20)27-23(29)24(30)28-26-15-18-9-13-22(14-10-18)31-16-19-7-11-21(25)12-8-19/h2-15,17H,16H2,1H3,(H,27,29)(H,28,30)/b26-15-/t17-/m1/s1.